The van der Waals surface area contributed by atoms with Crippen LogP contribution in [0.15, 0.2) is 4.99 Å². The molecule has 0 spiro atoms. The molecule has 1 amide bonds. The molecule has 1 fully saturated rings. The van der Waals surface area contributed by atoms with Gasteiger partial charge in [0.1, 0.15) is 0 Å². The molecule has 0 aromatic carbocycles. The molecule has 0 aliphatic carbocycles. The predicted molar refractivity (Wildman–Crippen MR) is 101 cm³/mol. The minimum absolute atomic E-state index is 0. The van der Waals surface area contributed by atoms with Gasteiger partial charge in [-0.2, -0.15) is 0 Å². The van der Waals surface area contributed by atoms with Gasteiger partial charge in [0.15, 0.2) is 5.96 Å². The molecular formula is C15H31IN4O2. The number of amides is 1. The van der Waals surface area contributed by atoms with Crippen LogP contribution in [0.3, 0.4) is 0 Å². The number of ether oxygens (including phenoxy) is 1. The second-order valence-corrected chi connectivity index (χ2v) is 5.51. The summed E-state index contributed by atoms with van der Waals surface area (Å²) in [6, 6.07) is 0.293. The van der Waals surface area contributed by atoms with Crippen LogP contribution in [0.1, 0.15) is 46.5 Å². The third-order valence-corrected chi connectivity index (χ3v) is 4.05. The molecule has 0 saturated carbocycles. The van der Waals surface area contributed by atoms with E-state index < -0.39 is 0 Å². The number of guanidine groups is 1. The second kappa shape index (κ2) is 11.8. The average Bonchev–Trinajstić information content (AvgIpc) is 2.49. The number of likely N-dealkylation sites (tertiary alicyclic amines) is 1. The number of aliphatic imine (C=N–C) groups is 1. The van der Waals surface area contributed by atoms with E-state index in [2.05, 4.69) is 24.2 Å². The number of piperidine rings is 1. The second-order valence-electron chi connectivity index (χ2n) is 5.51. The highest BCUT2D eigenvalue weighted by atomic mass is 127. The smallest absolute Gasteiger partial charge is 0.409 e. The monoisotopic (exact) mass is 426 g/mol. The maximum Gasteiger partial charge on any atom is 0.409 e. The van der Waals surface area contributed by atoms with Gasteiger partial charge >= 0.3 is 6.09 Å². The summed E-state index contributed by atoms with van der Waals surface area (Å²) in [5, 5.41) is 3.26. The van der Waals surface area contributed by atoms with Gasteiger partial charge in [0.05, 0.1) is 6.61 Å². The fraction of sp³-hybridized carbons (Fsp3) is 0.867. The summed E-state index contributed by atoms with van der Waals surface area (Å²) in [6.07, 6.45) is 3.79. The summed E-state index contributed by atoms with van der Waals surface area (Å²) in [5.41, 5.74) is 5.94. The first-order valence-corrected chi connectivity index (χ1v) is 8.08. The first-order valence-electron chi connectivity index (χ1n) is 8.08. The molecule has 1 aliphatic rings. The van der Waals surface area contributed by atoms with Crippen LogP contribution in [0.25, 0.3) is 0 Å². The number of nitrogens with two attached hydrogens (primary N) is 1. The van der Waals surface area contributed by atoms with E-state index in [-0.39, 0.29) is 30.1 Å². The molecule has 130 valence electrons. The van der Waals surface area contributed by atoms with Gasteiger partial charge in [-0.1, -0.05) is 26.7 Å². The Bertz CT molecular complexity index is 340. The molecule has 0 radical (unpaired) electrons. The van der Waals surface area contributed by atoms with Gasteiger partial charge in [-0.3, -0.25) is 4.99 Å². The van der Waals surface area contributed by atoms with E-state index in [1.54, 1.807) is 4.90 Å². The lowest BCUT2D eigenvalue weighted by molar-refractivity contribution is 0.0963. The number of rotatable bonds is 6. The number of carbonyl (C=O) groups is 1. The van der Waals surface area contributed by atoms with Crippen molar-refractivity contribution >= 4 is 36.0 Å². The van der Waals surface area contributed by atoms with Gasteiger partial charge in [-0.05, 0) is 25.7 Å². The standard InChI is InChI=1S/C15H30N4O2.HI/c1-4-12(5-2)11-17-14(16)18-13-7-9-19(10-8-13)15(20)21-6-3;/h12-13H,4-11H2,1-3H3,(H3,16,17,18);1H. The van der Waals surface area contributed by atoms with Gasteiger partial charge in [-0.15, -0.1) is 24.0 Å². The Morgan fingerprint density at radius 2 is 1.91 bits per heavy atom. The first-order chi connectivity index (χ1) is 10.1. The van der Waals surface area contributed by atoms with Crippen molar-refractivity contribution in [1.29, 1.82) is 0 Å². The van der Waals surface area contributed by atoms with Crippen molar-refractivity contribution < 1.29 is 9.53 Å². The zero-order valence-electron chi connectivity index (χ0n) is 14.0. The normalized spacial score (nSPS) is 16.4. The molecule has 0 atom stereocenters. The molecule has 1 aliphatic heterocycles. The minimum Gasteiger partial charge on any atom is -0.450 e. The maximum absolute atomic E-state index is 11.6. The van der Waals surface area contributed by atoms with Gasteiger partial charge in [0.2, 0.25) is 0 Å². The number of nitrogens with zero attached hydrogens (tertiary/aromatic N) is 2. The van der Waals surface area contributed by atoms with E-state index in [0.717, 1.165) is 32.2 Å². The van der Waals surface area contributed by atoms with Crippen LogP contribution in [0.4, 0.5) is 4.79 Å². The van der Waals surface area contributed by atoms with Crippen LogP contribution in [0, 0.1) is 5.92 Å². The van der Waals surface area contributed by atoms with E-state index >= 15 is 0 Å². The van der Waals surface area contributed by atoms with Crippen LogP contribution >= 0.6 is 24.0 Å². The Kier molecular flexibility index (Phi) is 11.4. The molecule has 0 aromatic rings. The van der Waals surface area contributed by atoms with Gasteiger partial charge in [0, 0.05) is 25.7 Å². The van der Waals surface area contributed by atoms with Crippen molar-refractivity contribution in [2.45, 2.75) is 52.5 Å². The summed E-state index contributed by atoms with van der Waals surface area (Å²) in [7, 11) is 0. The topological polar surface area (TPSA) is 80.0 Å². The van der Waals surface area contributed by atoms with E-state index in [9.17, 15) is 4.79 Å². The summed E-state index contributed by atoms with van der Waals surface area (Å²) in [5.74, 6) is 1.13. The maximum atomic E-state index is 11.6. The lowest BCUT2D eigenvalue weighted by Crippen LogP contribution is -2.48. The molecule has 1 heterocycles. The molecule has 0 unspecified atom stereocenters. The predicted octanol–water partition coefficient (Wildman–Crippen LogP) is 2.57. The number of hydrogen-bond donors (Lipinski definition) is 2. The fourth-order valence-electron chi connectivity index (χ4n) is 2.45. The number of hydrogen-bond acceptors (Lipinski definition) is 3. The highest BCUT2D eigenvalue weighted by molar-refractivity contribution is 14.0. The average molecular weight is 426 g/mol. The van der Waals surface area contributed by atoms with Crippen molar-refractivity contribution in [3.8, 4) is 0 Å². The third kappa shape index (κ3) is 7.51. The highest BCUT2D eigenvalue weighted by Crippen LogP contribution is 2.11. The zero-order chi connectivity index (χ0) is 15.7. The van der Waals surface area contributed by atoms with Gasteiger partial charge < -0.3 is 20.7 Å². The van der Waals surface area contributed by atoms with Crippen molar-refractivity contribution in [3.63, 3.8) is 0 Å². The first kappa shape index (κ1) is 21.3. The zero-order valence-corrected chi connectivity index (χ0v) is 16.3. The van der Waals surface area contributed by atoms with Crippen molar-refractivity contribution in [1.82, 2.24) is 10.2 Å². The van der Waals surface area contributed by atoms with Gasteiger partial charge in [-0.25, -0.2) is 4.79 Å². The summed E-state index contributed by atoms with van der Waals surface area (Å²) < 4.78 is 5.01. The molecule has 0 bridgehead atoms. The van der Waals surface area contributed by atoms with Crippen molar-refractivity contribution in [2.24, 2.45) is 16.6 Å². The van der Waals surface area contributed by atoms with Crippen LogP contribution < -0.4 is 11.1 Å². The van der Waals surface area contributed by atoms with Crippen LogP contribution in [-0.4, -0.2) is 49.2 Å². The molecule has 1 rings (SSSR count). The number of nitrogens with one attached hydrogen (secondary N) is 1. The summed E-state index contributed by atoms with van der Waals surface area (Å²) in [4.78, 5) is 17.8. The Hall–Kier alpha value is -0.730. The Morgan fingerprint density at radius 3 is 2.41 bits per heavy atom. The van der Waals surface area contributed by atoms with E-state index in [0.29, 0.717) is 37.6 Å². The Labute approximate surface area is 151 Å². The van der Waals surface area contributed by atoms with E-state index in [4.69, 9.17) is 10.5 Å². The van der Waals surface area contributed by atoms with Crippen LogP contribution in [0.2, 0.25) is 0 Å². The number of halogens is 1. The van der Waals surface area contributed by atoms with Crippen LogP contribution in [0.5, 0.6) is 0 Å². The highest BCUT2D eigenvalue weighted by Gasteiger charge is 2.23. The minimum atomic E-state index is -0.216. The Morgan fingerprint density at radius 1 is 1.32 bits per heavy atom. The van der Waals surface area contributed by atoms with Crippen molar-refractivity contribution in [2.75, 3.05) is 26.2 Å². The lowest BCUT2D eigenvalue weighted by Gasteiger charge is -2.31. The van der Waals surface area contributed by atoms with E-state index in [1.165, 1.54) is 0 Å². The number of carbonyl (C=O) groups excluding carboxylic acids is 1. The molecule has 0 aromatic heterocycles. The van der Waals surface area contributed by atoms with Crippen molar-refractivity contribution in [3.05, 3.63) is 0 Å². The summed E-state index contributed by atoms with van der Waals surface area (Å²) in [6.45, 7) is 8.80. The van der Waals surface area contributed by atoms with Crippen LogP contribution in [-0.2, 0) is 4.74 Å². The quantitative estimate of drug-likeness (QED) is 0.389. The molecule has 22 heavy (non-hydrogen) atoms. The summed E-state index contributed by atoms with van der Waals surface area (Å²) >= 11 is 0. The molecular weight excluding hydrogens is 395 g/mol. The molecule has 6 nitrogen and oxygen atoms in total. The third-order valence-electron chi connectivity index (χ3n) is 4.05. The molecule has 3 N–H and O–H groups in total. The van der Waals surface area contributed by atoms with E-state index in [1.807, 2.05) is 6.92 Å². The molecule has 7 heteroatoms. The largest absolute Gasteiger partial charge is 0.450 e. The fourth-order valence-corrected chi connectivity index (χ4v) is 2.45. The Balaban J connectivity index is 0.00000441. The van der Waals surface area contributed by atoms with Gasteiger partial charge in [0.25, 0.3) is 0 Å². The SMILES string of the molecule is CCOC(=O)N1CCC(NC(N)=NCC(CC)CC)CC1.I. The molecule has 1 saturated heterocycles. The lowest BCUT2D eigenvalue weighted by atomic mass is 10.0.